The van der Waals surface area contributed by atoms with Crippen LogP contribution in [0.15, 0.2) is 36.4 Å². The molecule has 0 unspecified atom stereocenters. The lowest BCUT2D eigenvalue weighted by Gasteiger charge is -2.06. The molecule has 2 aromatic rings. The summed E-state index contributed by atoms with van der Waals surface area (Å²) in [5, 5.41) is 11.6. The van der Waals surface area contributed by atoms with Gasteiger partial charge in [0.25, 0.3) is 5.88 Å². The quantitative estimate of drug-likeness (QED) is 0.488. The number of benzene rings is 1. The highest BCUT2D eigenvalue weighted by molar-refractivity contribution is 6.30. The summed E-state index contributed by atoms with van der Waals surface area (Å²) in [6.45, 7) is 0.144. The maximum Gasteiger partial charge on any atom is 0.331 e. The Labute approximate surface area is 118 Å². The summed E-state index contributed by atoms with van der Waals surface area (Å²) in [6.07, 6.45) is 0. The number of pyridine rings is 1. The molecule has 1 aromatic heterocycles. The zero-order valence-corrected chi connectivity index (χ0v) is 11.1. The third-order valence-corrected chi connectivity index (χ3v) is 2.75. The van der Waals surface area contributed by atoms with E-state index in [2.05, 4.69) is 4.98 Å². The number of hydrogen-bond donors (Lipinski definition) is 0. The Bertz CT molecular complexity index is 602. The molecule has 0 fully saturated rings. The zero-order chi connectivity index (χ0) is 13.8. The van der Waals surface area contributed by atoms with Crippen molar-refractivity contribution in [2.45, 2.75) is 6.61 Å². The second-order valence-electron chi connectivity index (χ2n) is 3.63. The standard InChI is InChI=1S/C12H8Cl2N2O3/c13-9-3-1-8(2-4-9)7-19-12-10(16(17)18)5-6-11(14)15-12/h1-6H,7H2. The first kappa shape index (κ1) is 13.6. The second-order valence-corrected chi connectivity index (χ2v) is 4.45. The van der Waals surface area contributed by atoms with Gasteiger partial charge in [0.2, 0.25) is 0 Å². The Balaban J connectivity index is 2.16. The van der Waals surface area contributed by atoms with Gasteiger partial charge in [0.05, 0.1) is 4.92 Å². The number of ether oxygens (including phenoxy) is 1. The molecular weight excluding hydrogens is 291 g/mol. The fourth-order valence-corrected chi connectivity index (χ4v) is 1.65. The molecule has 0 saturated carbocycles. The van der Waals surface area contributed by atoms with Crippen molar-refractivity contribution in [1.82, 2.24) is 4.98 Å². The predicted molar refractivity (Wildman–Crippen MR) is 71.7 cm³/mol. The van der Waals surface area contributed by atoms with Crippen LogP contribution in [-0.4, -0.2) is 9.91 Å². The van der Waals surface area contributed by atoms with Gasteiger partial charge >= 0.3 is 5.69 Å². The van der Waals surface area contributed by atoms with Gasteiger partial charge in [0.15, 0.2) is 0 Å². The van der Waals surface area contributed by atoms with Crippen LogP contribution in [0.25, 0.3) is 0 Å². The highest BCUT2D eigenvalue weighted by Crippen LogP contribution is 2.27. The second kappa shape index (κ2) is 5.86. The van der Waals surface area contributed by atoms with Gasteiger partial charge in [-0.25, -0.2) is 0 Å². The van der Waals surface area contributed by atoms with Crippen LogP contribution in [0.3, 0.4) is 0 Å². The van der Waals surface area contributed by atoms with Crippen LogP contribution >= 0.6 is 23.2 Å². The molecule has 0 N–H and O–H groups in total. The van der Waals surface area contributed by atoms with Gasteiger partial charge in [-0.1, -0.05) is 35.3 Å². The van der Waals surface area contributed by atoms with E-state index in [0.29, 0.717) is 5.02 Å². The van der Waals surface area contributed by atoms with Crippen LogP contribution in [0.1, 0.15) is 5.56 Å². The van der Waals surface area contributed by atoms with Gasteiger partial charge in [0.1, 0.15) is 11.8 Å². The average Bonchev–Trinajstić information content (AvgIpc) is 2.38. The van der Waals surface area contributed by atoms with Gasteiger partial charge in [-0.15, -0.1) is 0 Å². The SMILES string of the molecule is O=[N+]([O-])c1ccc(Cl)nc1OCc1ccc(Cl)cc1. The summed E-state index contributed by atoms with van der Waals surface area (Å²) in [5.41, 5.74) is 0.596. The van der Waals surface area contributed by atoms with Crippen LogP contribution in [-0.2, 0) is 6.61 Å². The molecule has 5 nitrogen and oxygen atoms in total. The fourth-order valence-electron chi connectivity index (χ4n) is 1.39. The van der Waals surface area contributed by atoms with E-state index in [1.54, 1.807) is 24.3 Å². The number of nitro groups is 1. The maximum absolute atomic E-state index is 10.8. The molecule has 0 amide bonds. The molecule has 0 bridgehead atoms. The van der Waals surface area contributed by atoms with E-state index in [1.807, 2.05) is 0 Å². The van der Waals surface area contributed by atoms with Gasteiger partial charge < -0.3 is 4.74 Å². The lowest BCUT2D eigenvalue weighted by Crippen LogP contribution is -2.01. The van der Waals surface area contributed by atoms with E-state index in [-0.39, 0.29) is 23.3 Å². The molecule has 0 aliphatic rings. The molecule has 0 aliphatic heterocycles. The molecule has 0 spiro atoms. The Morgan fingerprint density at radius 2 is 1.84 bits per heavy atom. The highest BCUT2D eigenvalue weighted by Gasteiger charge is 2.17. The predicted octanol–water partition coefficient (Wildman–Crippen LogP) is 3.88. The molecular formula is C12H8Cl2N2O3. The van der Waals surface area contributed by atoms with Crippen molar-refractivity contribution in [2.24, 2.45) is 0 Å². The molecule has 7 heteroatoms. The van der Waals surface area contributed by atoms with Crippen molar-refractivity contribution in [2.75, 3.05) is 0 Å². The van der Waals surface area contributed by atoms with Crippen molar-refractivity contribution in [1.29, 1.82) is 0 Å². The number of hydrogen-bond acceptors (Lipinski definition) is 4. The van der Waals surface area contributed by atoms with Crippen LogP contribution < -0.4 is 4.74 Å². The minimum absolute atomic E-state index is 0.104. The highest BCUT2D eigenvalue weighted by atomic mass is 35.5. The van der Waals surface area contributed by atoms with Crippen molar-refractivity contribution in [3.05, 3.63) is 62.3 Å². The lowest BCUT2D eigenvalue weighted by molar-refractivity contribution is -0.386. The number of aromatic nitrogens is 1. The fraction of sp³-hybridized carbons (Fsp3) is 0.0833. The van der Waals surface area contributed by atoms with E-state index in [0.717, 1.165) is 5.56 Å². The van der Waals surface area contributed by atoms with E-state index in [9.17, 15) is 10.1 Å². The molecule has 2 rings (SSSR count). The van der Waals surface area contributed by atoms with Crippen molar-refractivity contribution in [3.8, 4) is 5.88 Å². The zero-order valence-electron chi connectivity index (χ0n) is 9.55. The smallest absolute Gasteiger partial charge is 0.331 e. The molecule has 1 aromatic carbocycles. The Hall–Kier alpha value is -1.85. The molecule has 1 heterocycles. The van der Waals surface area contributed by atoms with Gasteiger partial charge in [-0.3, -0.25) is 10.1 Å². The normalized spacial score (nSPS) is 10.2. The molecule has 0 atom stereocenters. The molecule has 98 valence electrons. The van der Waals surface area contributed by atoms with Crippen LogP contribution in [0.4, 0.5) is 5.69 Å². The first-order chi connectivity index (χ1) is 9.06. The lowest BCUT2D eigenvalue weighted by atomic mass is 10.2. The number of nitrogens with zero attached hydrogens (tertiary/aromatic N) is 2. The Kier molecular flexibility index (Phi) is 4.19. The summed E-state index contributed by atoms with van der Waals surface area (Å²) in [7, 11) is 0. The summed E-state index contributed by atoms with van der Waals surface area (Å²) in [5.74, 6) is -0.104. The van der Waals surface area contributed by atoms with E-state index in [4.69, 9.17) is 27.9 Å². The van der Waals surface area contributed by atoms with Crippen molar-refractivity contribution >= 4 is 28.9 Å². The van der Waals surface area contributed by atoms with Gasteiger partial charge in [-0.05, 0) is 23.8 Å². The van der Waals surface area contributed by atoms with E-state index in [1.165, 1.54) is 12.1 Å². The first-order valence-corrected chi connectivity index (χ1v) is 6.00. The van der Waals surface area contributed by atoms with Crippen molar-refractivity contribution in [3.63, 3.8) is 0 Å². The third-order valence-electron chi connectivity index (χ3n) is 2.29. The Morgan fingerprint density at radius 3 is 2.47 bits per heavy atom. The summed E-state index contributed by atoms with van der Waals surface area (Å²) in [4.78, 5) is 14.0. The summed E-state index contributed by atoms with van der Waals surface area (Å²) >= 11 is 11.4. The van der Waals surface area contributed by atoms with E-state index < -0.39 is 4.92 Å². The molecule has 19 heavy (non-hydrogen) atoms. The van der Waals surface area contributed by atoms with Gasteiger partial charge in [0, 0.05) is 11.1 Å². The van der Waals surface area contributed by atoms with Crippen LogP contribution in [0.2, 0.25) is 10.2 Å². The van der Waals surface area contributed by atoms with Gasteiger partial charge in [-0.2, -0.15) is 4.98 Å². The van der Waals surface area contributed by atoms with Crippen LogP contribution in [0.5, 0.6) is 5.88 Å². The van der Waals surface area contributed by atoms with Crippen molar-refractivity contribution < 1.29 is 9.66 Å². The minimum atomic E-state index is -0.569. The topological polar surface area (TPSA) is 65.3 Å². The maximum atomic E-state index is 10.8. The summed E-state index contributed by atoms with van der Waals surface area (Å²) in [6, 6.07) is 9.54. The minimum Gasteiger partial charge on any atom is -0.468 e. The first-order valence-electron chi connectivity index (χ1n) is 5.24. The molecule has 0 saturated heterocycles. The number of rotatable bonds is 4. The average molecular weight is 299 g/mol. The summed E-state index contributed by atoms with van der Waals surface area (Å²) < 4.78 is 5.32. The third kappa shape index (κ3) is 3.56. The number of halogens is 2. The Morgan fingerprint density at radius 1 is 1.16 bits per heavy atom. The van der Waals surface area contributed by atoms with E-state index >= 15 is 0 Å². The molecule has 0 radical (unpaired) electrons. The van der Waals surface area contributed by atoms with Crippen LogP contribution in [0, 0.1) is 10.1 Å². The molecule has 0 aliphatic carbocycles. The largest absolute Gasteiger partial charge is 0.468 e. The monoisotopic (exact) mass is 298 g/mol.